The first-order chi connectivity index (χ1) is 6.48. The molecular weight excluding hydrogens is 219 g/mol. The van der Waals surface area contributed by atoms with E-state index in [1.165, 1.54) is 6.20 Å². The molecule has 0 amide bonds. The predicted octanol–water partition coefficient (Wildman–Crippen LogP) is 2.63. The summed E-state index contributed by atoms with van der Waals surface area (Å²) in [4.78, 5) is 3.36. The summed E-state index contributed by atoms with van der Waals surface area (Å²) in [6.45, 7) is 0. The summed E-state index contributed by atoms with van der Waals surface area (Å²) in [6, 6.07) is 0.766. The lowest BCUT2D eigenvalue weighted by atomic mass is 10.3. The van der Waals surface area contributed by atoms with E-state index in [1.807, 2.05) is 0 Å². The number of halogens is 4. The molecule has 7 heteroatoms. The second-order valence-electron chi connectivity index (χ2n) is 2.62. The zero-order valence-corrected chi connectivity index (χ0v) is 7.32. The molecule has 2 heterocycles. The summed E-state index contributed by atoms with van der Waals surface area (Å²) in [6.07, 6.45) is -3.30. The maximum Gasteiger partial charge on any atom is 0.433 e. The minimum atomic E-state index is -4.49. The van der Waals surface area contributed by atoms with Crippen LogP contribution in [0.4, 0.5) is 13.2 Å². The number of nitrogens with zero attached hydrogens (tertiary/aromatic N) is 2. The number of H-pyrrole nitrogens is 1. The Hall–Kier alpha value is -1.30. The molecule has 74 valence electrons. The molecule has 0 atom stereocenters. The standard InChI is InChI=1S/C7H3ClF3N3/c8-3-1-5(7(9,10)11)13-4-2-12-14-6(3)4/h1-2H,(H,12,14). The van der Waals surface area contributed by atoms with E-state index in [0.29, 0.717) is 5.52 Å². The fourth-order valence-electron chi connectivity index (χ4n) is 1.04. The fraction of sp³-hybridized carbons (Fsp3) is 0.143. The van der Waals surface area contributed by atoms with E-state index in [-0.39, 0.29) is 10.5 Å². The van der Waals surface area contributed by atoms with E-state index in [4.69, 9.17) is 11.6 Å². The Labute approximate surface area is 80.9 Å². The van der Waals surface area contributed by atoms with Crippen LogP contribution in [0.3, 0.4) is 0 Å². The van der Waals surface area contributed by atoms with Crippen LogP contribution in [0, 0.1) is 0 Å². The quantitative estimate of drug-likeness (QED) is 0.743. The third-order valence-electron chi connectivity index (χ3n) is 1.65. The first kappa shape index (κ1) is 9.26. The number of fused-ring (bicyclic) bond motifs is 1. The molecular formula is C7H3ClF3N3. The van der Waals surface area contributed by atoms with Gasteiger partial charge in [0.2, 0.25) is 0 Å². The molecule has 0 saturated carbocycles. The summed E-state index contributed by atoms with van der Waals surface area (Å²) in [5.74, 6) is 0. The molecule has 0 radical (unpaired) electrons. The molecule has 14 heavy (non-hydrogen) atoms. The van der Waals surface area contributed by atoms with Crippen LogP contribution in [0.5, 0.6) is 0 Å². The highest BCUT2D eigenvalue weighted by atomic mass is 35.5. The molecule has 0 spiro atoms. The largest absolute Gasteiger partial charge is 0.433 e. The van der Waals surface area contributed by atoms with Gasteiger partial charge in [-0.1, -0.05) is 11.6 Å². The highest BCUT2D eigenvalue weighted by molar-refractivity contribution is 6.34. The molecule has 0 unspecified atom stereocenters. The third kappa shape index (κ3) is 1.41. The van der Waals surface area contributed by atoms with Gasteiger partial charge in [-0.05, 0) is 6.07 Å². The van der Waals surface area contributed by atoms with E-state index in [0.717, 1.165) is 6.07 Å². The van der Waals surface area contributed by atoms with Crippen molar-refractivity contribution in [1.82, 2.24) is 15.2 Å². The van der Waals surface area contributed by atoms with E-state index < -0.39 is 11.9 Å². The van der Waals surface area contributed by atoms with Crippen LogP contribution >= 0.6 is 11.6 Å². The van der Waals surface area contributed by atoms with Crippen LogP contribution < -0.4 is 0 Å². The number of alkyl halides is 3. The van der Waals surface area contributed by atoms with Gasteiger partial charge in [0.15, 0.2) is 0 Å². The lowest BCUT2D eigenvalue weighted by Gasteiger charge is -2.05. The molecule has 0 aliphatic heterocycles. The van der Waals surface area contributed by atoms with E-state index >= 15 is 0 Å². The van der Waals surface area contributed by atoms with Crippen molar-refractivity contribution < 1.29 is 13.2 Å². The third-order valence-corrected chi connectivity index (χ3v) is 1.95. The average Bonchev–Trinajstić information content (AvgIpc) is 2.50. The Bertz CT molecular complexity index is 476. The van der Waals surface area contributed by atoms with Gasteiger partial charge in [0, 0.05) is 0 Å². The maximum absolute atomic E-state index is 12.3. The minimum absolute atomic E-state index is 0.0418. The lowest BCUT2D eigenvalue weighted by Crippen LogP contribution is -2.07. The van der Waals surface area contributed by atoms with E-state index in [2.05, 4.69) is 15.2 Å². The van der Waals surface area contributed by atoms with Gasteiger partial charge in [0.05, 0.1) is 11.2 Å². The summed E-state index contributed by atoms with van der Waals surface area (Å²) in [5, 5.41) is 5.96. The van der Waals surface area contributed by atoms with Crippen molar-refractivity contribution in [1.29, 1.82) is 0 Å². The van der Waals surface area contributed by atoms with Crippen molar-refractivity contribution in [2.75, 3.05) is 0 Å². The van der Waals surface area contributed by atoms with E-state index in [9.17, 15) is 13.2 Å². The summed E-state index contributed by atoms with van der Waals surface area (Å²) in [7, 11) is 0. The van der Waals surface area contributed by atoms with Gasteiger partial charge >= 0.3 is 6.18 Å². The Balaban J connectivity index is 2.70. The highest BCUT2D eigenvalue weighted by Gasteiger charge is 2.33. The SMILES string of the molecule is FC(F)(F)c1cc(Cl)c2[nH]ncc2n1. The number of aromatic nitrogens is 3. The molecule has 2 aromatic rings. The first-order valence-electron chi connectivity index (χ1n) is 3.55. The predicted molar refractivity (Wildman–Crippen MR) is 43.9 cm³/mol. The van der Waals surface area contributed by atoms with Gasteiger partial charge in [-0.25, -0.2) is 4.98 Å². The second-order valence-corrected chi connectivity index (χ2v) is 3.02. The Morgan fingerprint density at radius 3 is 2.71 bits per heavy atom. The molecule has 2 rings (SSSR count). The molecule has 0 fully saturated rings. The molecule has 0 saturated heterocycles. The van der Waals surface area contributed by atoms with Crippen molar-refractivity contribution >= 4 is 22.6 Å². The van der Waals surface area contributed by atoms with Crippen LogP contribution in [0.1, 0.15) is 5.69 Å². The van der Waals surface area contributed by atoms with E-state index in [1.54, 1.807) is 0 Å². The smallest absolute Gasteiger partial charge is 0.275 e. The number of aromatic amines is 1. The normalized spacial score (nSPS) is 12.3. The highest BCUT2D eigenvalue weighted by Crippen LogP contribution is 2.31. The Morgan fingerprint density at radius 2 is 2.07 bits per heavy atom. The van der Waals surface area contributed by atoms with Gasteiger partial charge in [0.1, 0.15) is 16.7 Å². The van der Waals surface area contributed by atoms with Crippen LogP contribution in [0.15, 0.2) is 12.3 Å². The Morgan fingerprint density at radius 1 is 1.36 bits per heavy atom. The minimum Gasteiger partial charge on any atom is -0.275 e. The van der Waals surface area contributed by atoms with Crippen molar-refractivity contribution in [3.63, 3.8) is 0 Å². The Kier molecular flexibility index (Phi) is 1.88. The molecule has 0 aliphatic carbocycles. The number of nitrogens with one attached hydrogen (secondary N) is 1. The topological polar surface area (TPSA) is 41.6 Å². The van der Waals surface area contributed by atoms with Crippen LogP contribution in [0.2, 0.25) is 5.02 Å². The van der Waals surface area contributed by atoms with Gasteiger partial charge in [0.25, 0.3) is 0 Å². The van der Waals surface area contributed by atoms with Gasteiger partial charge in [-0.15, -0.1) is 0 Å². The molecule has 2 aromatic heterocycles. The van der Waals surface area contributed by atoms with Crippen molar-refractivity contribution in [2.24, 2.45) is 0 Å². The molecule has 1 N–H and O–H groups in total. The van der Waals surface area contributed by atoms with Gasteiger partial charge in [-0.2, -0.15) is 18.3 Å². The fourth-order valence-corrected chi connectivity index (χ4v) is 1.28. The van der Waals surface area contributed by atoms with Gasteiger partial charge in [-0.3, -0.25) is 5.10 Å². The zero-order chi connectivity index (χ0) is 10.3. The molecule has 0 aliphatic rings. The van der Waals surface area contributed by atoms with Gasteiger partial charge < -0.3 is 0 Å². The van der Waals surface area contributed by atoms with Crippen molar-refractivity contribution in [3.05, 3.63) is 23.0 Å². The number of hydrogen-bond donors (Lipinski definition) is 1. The summed E-state index contributed by atoms with van der Waals surface area (Å²) < 4.78 is 36.8. The zero-order valence-electron chi connectivity index (χ0n) is 6.56. The summed E-state index contributed by atoms with van der Waals surface area (Å²) in [5.41, 5.74) is -0.610. The number of rotatable bonds is 0. The lowest BCUT2D eigenvalue weighted by molar-refractivity contribution is -0.140. The monoisotopic (exact) mass is 221 g/mol. The molecule has 0 bridgehead atoms. The van der Waals surface area contributed by atoms with Crippen LogP contribution in [-0.2, 0) is 6.18 Å². The molecule has 3 nitrogen and oxygen atoms in total. The maximum atomic E-state index is 12.3. The second kappa shape index (κ2) is 2.84. The first-order valence-corrected chi connectivity index (χ1v) is 3.93. The average molecular weight is 222 g/mol. The van der Waals surface area contributed by atoms with Crippen LogP contribution in [0.25, 0.3) is 11.0 Å². The molecule has 0 aromatic carbocycles. The number of pyridine rings is 1. The van der Waals surface area contributed by atoms with Crippen molar-refractivity contribution in [2.45, 2.75) is 6.18 Å². The van der Waals surface area contributed by atoms with Crippen LogP contribution in [-0.4, -0.2) is 15.2 Å². The summed E-state index contributed by atoms with van der Waals surface area (Å²) >= 11 is 5.60. The number of hydrogen-bond acceptors (Lipinski definition) is 2. The van der Waals surface area contributed by atoms with Crippen molar-refractivity contribution in [3.8, 4) is 0 Å².